The van der Waals surface area contributed by atoms with Crippen LogP contribution < -0.4 is 5.32 Å². The lowest BCUT2D eigenvalue weighted by molar-refractivity contribution is -0.192. The van der Waals surface area contributed by atoms with Crippen LogP contribution in [0.15, 0.2) is 30.6 Å². The van der Waals surface area contributed by atoms with Crippen LogP contribution in [0.5, 0.6) is 0 Å². The van der Waals surface area contributed by atoms with E-state index in [0.717, 1.165) is 66.5 Å². The molecule has 2 aliphatic rings. The molecule has 1 aliphatic carbocycles. The van der Waals surface area contributed by atoms with E-state index in [9.17, 15) is 18.0 Å². The van der Waals surface area contributed by atoms with Crippen LogP contribution >= 0.6 is 11.6 Å². The van der Waals surface area contributed by atoms with E-state index in [-0.39, 0.29) is 5.91 Å². The van der Waals surface area contributed by atoms with E-state index in [1.165, 1.54) is 12.8 Å². The number of imidazole rings is 1. The Balaban J connectivity index is 0.000000426. The summed E-state index contributed by atoms with van der Waals surface area (Å²) in [5.41, 5.74) is 4.79. The molecule has 3 aromatic rings. The van der Waals surface area contributed by atoms with Crippen LogP contribution in [-0.2, 0) is 11.8 Å². The molecule has 0 atom stereocenters. The number of aliphatic carboxylic acids is 1. The number of benzene rings is 1. The summed E-state index contributed by atoms with van der Waals surface area (Å²) in [4.78, 5) is 33.3. The number of anilines is 1. The Hall–Kier alpha value is -3.34. The summed E-state index contributed by atoms with van der Waals surface area (Å²) in [6.45, 7) is 4.37. The minimum atomic E-state index is -5.08. The number of carboxylic acid groups (broad SMARTS) is 1. The van der Waals surface area contributed by atoms with Crippen molar-refractivity contribution in [1.29, 1.82) is 0 Å². The van der Waals surface area contributed by atoms with Crippen molar-refractivity contribution in [2.24, 2.45) is 13.0 Å². The van der Waals surface area contributed by atoms with Crippen molar-refractivity contribution < 1.29 is 27.9 Å². The second-order valence-electron chi connectivity index (χ2n) is 9.78. The Kier molecular flexibility index (Phi) is 8.15. The van der Waals surface area contributed by atoms with Crippen molar-refractivity contribution in [3.05, 3.63) is 52.4 Å². The summed E-state index contributed by atoms with van der Waals surface area (Å²) in [7, 11) is 2.03. The largest absolute Gasteiger partial charge is 0.490 e. The Morgan fingerprint density at radius 2 is 1.82 bits per heavy atom. The van der Waals surface area contributed by atoms with Gasteiger partial charge in [0.25, 0.3) is 5.91 Å². The van der Waals surface area contributed by atoms with Gasteiger partial charge in [-0.3, -0.25) is 4.79 Å². The third-order valence-electron chi connectivity index (χ3n) is 6.84. The fourth-order valence-electron chi connectivity index (χ4n) is 4.38. The average Bonchev–Trinajstić information content (AvgIpc) is 3.64. The van der Waals surface area contributed by atoms with Gasteiger partial charge in [-0.05, 0) is 68.4 Å². The molecule has 0 unspecified atom stereocenters. The van der Waals surface area contributed by atoms with Gasteiger partial charge in [-0.2, -0.15) is 13.2 Å². The first kappa shape index (κ1) is 27.7. The first-order valence-electron chi connectivity index (χ1n) is 12.4. The monoisotopic (exact) mass is 551 g/mol. The normalized spacial score (nSPS) is 16.2. The maximum absolute atomic E-state index is 12.9. The molecule has 0 spiro atoms. The summed E-state index contributed by atoms with van der Waals surface area (Å²) in [6, 6.07) is 7.68. The number of fused-ring (bicyclic) bond motifs is 1. The average molecular weight is 552 g/mol. The Morgan fingerprint density at radius 1 is 1.16 bits per heavy atom. The fraction of sp³-hybridized carbons (Fsp3) is 0.462. The molecule has 0 bridgehead atoms. The number of alkyl halides is 3. The van der Waals surface area contributed by atoms with Gasteiger partial charge in [0.1, 0.15) is 5.52 Å². The van der Waals surface area contributed by atoms with E-state index in [1.807, 2.05) is 37.3 Å². The van der Waals surface area contributed by atoms with Gasteiger partial charge in [0.15, 0.2) is 5.82 Å². The van der Waals surface area contributed by atoms with Crippen molar-refractivity contribution in [3.8, 4) is 0 Å². The summed E-state index contributed by atoms with van der Waals surface area (Å²) in [6.07, 6.45) is 1.21. The first-order valence-corrected chi connectivity index (χ1v) is 12.7. The number of aromatic nitrogens is 3. The molecule has 2 fully saturated rings. The molecule has 2 N–H and O–H groups in total. The highest BCUT2D eigenvalue weighted by atomic mass is 35.5. The predicted molar refractivity (Wildman–Crippen MR) is 137 cm³/mol. The number of pyridine rings is 1. The highest BCUT2D eigenvalue weighted by Gasteiger charge is 2.38. The molecule has 1 saturated carbocycles. The molecule has 1 aromatic carbocycles. The van der Waals surface area contributed by atoms with Crippen LogP contribution in [0.2, 0.25) is 5.02 Å². The zero-order chi connectivity index (χ0) is 27.6. The number of carboxylic acids is 1. The topological polar surface area (TPSA) is 100 Å². The van der Waals surface area contributed by atoms with Gasteiger partial charge < -0.3 is 19.9 Å². The second-order valence-corrected chi connectivity index (χ2v) is 10.2. The molecular formula is C26H29ClF3N5O3. The van der Waals surface area contributed by atoms with Gasteiger partial charge in [-0.15, -0.1) is 0 Å². The van der Waals surface area contributed by atoms with Gasteiger partial charge in [0.05, 0.1) is 11.8 Å². The van der Waals surface area contributed by atoms with Crippen LogP contribution in [0, 0.1) is 12.8 Å². The summed E-state index contributed by atoms with van der Waals surface area (Å²) in [5, 5.41) is 11.4. The van der Waals surface area contributed by atoms with Crippen LogP contribution in [0.1, 0.15) is 53.2 Å². The SMILES string of the molecule is Cc1cc(C(=O)N2CCC(c3cc4c(ncn4C)c(NCC4CC4)n3)CC2)ccc1Cl.O=C(O)C(F)(F)F. The zero-order valence-electron chi connectivity index (χ0n) is 21.1. The molecule has 2 aromatic heterocycles. The van der Waals surface area contributed by atoms with Crippen molar-refractivity contribution in [1.82, 2.24) is 19.4 Å². The fourth-order valence-corrected chi connectivity index (χ4v) is 4.50. The molecule has 5 rings (SSSR count). The smallest absolute Gasteiger partial charge is 0.475 e. The summed E-state index contributed by atoms with van der Waals surface area (Å²) in [5.74, 6) is -0.658. The lowest BCUT2D eigenvalue weighted by atomic mass is 9.92. The standard InChI is InChI=1S/C24H28ClN5O.C2HF3O2/c1-15-11-18(5-6-19(15)25)24(31)30-9-7-17(8-10-30)20-12-21-22(27-14-29(21)2)23(28-20)26-13-16-3-4-16;3-2(4,5)1(6)7/h5-6,11-12,14,16-17H,3-4,7-10,13H2,1-2H3,(H,26,28);(H,6,7). The number of halogens is 4. The van der Waals surface area contributed by atoms with Crippen LogP contribution in [0.3, 0.4) is 0 Å². The first-order chi connectivity index (χ1) is 17.9. The van der Waals surface area contributed by atoms with E-state index < -0.39 is 12.1 Å². The molecule has 3 heterocycles. The Morgan fingerprint density at radius 3 is 2.39 bits per heavy atom. The van der Waals surface area contributed by atoms with E-state index >= 15 is 0 Å². The number of carbonyl (C=O) groups excluding carboxylic acids is 1. The number of amides is 1. The molecule has 12 heteroatoms. The number of hydrogen-bond donors (Lipinski definition) is 2. The van der Waals surface area contributed by atoms with Crippen molar-refractivity contribution in [3.63, 3.8) is 0 Å². The number of likely N-dealkylation sites (tertiary alicyclic amines) is 1. The van der Waals surface area contributed by atoms with Gasteiger partial charge >= 0.3 is 12.1 Å². The lowest BCUT2D eigenvalue weighted by Gasteiger charge is -2.32. The van der Waals surface area contributed by atoms with Crippen molar-refractivity contribution in [2.75, 3.05) is 25.0 Å². The van der Waals surface area contributed by atoms with E-state index in [0.29, 0.717) is 16.5 Å². The van der Waals surface area contributed by atoms with Crippen LogP contribution in [-0.4, -0.2) is 62.2 Å². The maximum Gasteiger partial charge on any atom is 0.490 e. The third kappa shape index (κ3) is 6.56. The quantitative estimate of drug-likeness (QED) is 0.440. The molecule has 1 saturated heterocycles. The molecule has 8 nitrogen and oxygen atoms in total. The Labute approximate surface area is 222 Å². The van der Waals surface area contributed by atoms with Gasteiger partial charge in [-0.25, -0.2) is 14.8 Å². The van der Waals surface area contributed by atoms with Crippen molar-refractivity contribution in [2.45, 2.75) is 44.7 Å². The van der Waals surface area contributed by atoms with Crippen LogP contribution in [0.4, 0.5) is 19.0 Å². The molecule has 1 aliphatic heterocycles. The molecular weight excluding hydrogens is 523 g/mol. The van der Waals surface area contributed by atoms with Gasteiger partial charge in [0, 0.05) is 48.9 Å². The number of piperidine rings is 1. The number of nitrogens with one attached hydrogen (secondary N) is 1. The zero-order valence-corrected chi connectivity index (χ0v) is 21.8. The lowest BCUT2D eigenvalue weighted by Crippen LogP contribution is -2.38. The summed E-state index contributed by atoms with van der Waals surface area (Å²) >= 11 is 6.12. The number of rotatable bonds is 5. The number of carbonyl (C=O) groups is 2. The predicted octanol–water partition coefficient (Wildman–Crippen LogP) is 5.41. The molecule has 204 valence electrons. The third-order valence-corrected chi connectivity index (χ3v) is 7.26. The van der Waals surface area contributed by atoms with E-state index in [1.54, 1.807) is 6.07 Å². The number of nitrogens with zero attached hydrogens (tertiary/aromatic N) is 4. The highest BCUT2D eigenvalue weighted by molar-refractivity contribution is 6.31. The second kappa shape index (κ2) is 11.2. The molecule has 38 heavy (non-hydrogen) atoms. The van der Waals surface area contributed by atoms with E-state index in [4.69, 9.17) is 26.5 Å². The highest BCUT2D eigenvalue weighted by Crippen LogP contribution is 2.33. The van der Waals surface area contributed by atoms with Gasteiger partial charge in [-0.1, -0.05) is 11.6 Å². The number of hydrogen-bond acceptors (Lipinski definition) is 5. The number of aryl methyl sites for hydroxylation is 2. The summed E-state index contributed by atoms with van der Waals surface area (Å²) < 4.78 is 33.8. The minimum absolute atomic E-state index is 0.0834. The maximum atomic E-state index is 12.9. The van der Waals surface area contributed by atoms with Crippen molar-refractivity contribution >= 4 is 40.3 Å². The van der Waals surface area contributed by atoms with Gasteiger partial charge in [0.2, 0.25) is 0 Å². The Bertz CT molecular complexity index is 1330. The van der Waals surface area contributed by atoms with E-state index in [2.05, 4.69) is 20.9 Å². The molecule has 0 radical (unpaired) electrons. The minimum Gasteiger partial charge on any atom is -0.475 e. The van der Waals surface area contributed by atoms with Crippen LogP contribution in [0.25, 0.3) is 11.0 Å². The molecule has 1 amide bonds.